The molecule has 1 N–H and O–H groups in total. The molecule has 0 spiro atoms. The van der Waals surface area contributed by atoms with Gasteiger partial charge >= 0.3 is 0 Å². The molecule has 1 aliphatic heterocycles. The molecule has 0 aromatic carbocycles. The quantitative estimate of drug-likeness (QED) is 0.880. The van der Waals surface area contributed by atoms with Crippen LogP contribution in [0.15, 0.2) is 10.7 Å². The summed E-state index contributed by atoms with van der Waals surface area (Å²) in [4.78, 5) is 14.2. The molecule has 1 saturated heterocycles. The van der Waals surface area contributed by atoms with Gasteiger partial charge < -0.3 is 14.7 Å². The second-order valence-electron chi connectivity index (χ2n) is 4.88. The van der Waals surface area contributed by atoms with Crippen LogP contribution in [0.2, 0.25) is 0 Å². The lowest BCUT2D eigenvalue weighted by Gasteiger charge is -2.28. The topological polar surface area (TPSA) is 58.4 Å². The van der Waals surface area contributed by atoms with Gasteiger partial charge in [0, 0.05) is 18.7 Å². The van der Waals surface area contributed by atoms with E-state index < -0.39 is 0 Å². The van der Waals surface area contributed by atoms with E-state index in [0.29, 0.717) is 18.2 Å². The first-order valence-electron chi connectivity index (χ1n) is 6.63. The van der Waals surface area contributed by atoms with E-state index in [4.69, 9.17) is 4.52 Å². The van der Waals surface area contributed by atoms with E-state index in [0.717, 1.165) is 38.0 Å². The summed E-state index contributed by atoms with van der Waals surface area (Å²) < 4.78 is 5.04. The fourth-order valence-electron chi connectivity index (χ4n) is 2.37. The Hall–Kier alpha value is -1.36. The molecule has 1 aromatic rings. The Balaban J connectivity index is 1.99. The van der Waals surface area contributed by atoms with Gasteiger partial charge in [-0.15, -0.1) is 0 Å². The highest BCUT2D eigenvalue weighted by atomic mass is 16.5. The van der Waals surface area contributed by atoms with Gasteiger partial charge in [0.1, 0.15) is 0 Å². The molecule has 2 heterocycles. The molecular formula is C13H21N3O2. The van der Waals surface area contributed by atoms with Crippen molar-refractivity contribution in [1.29, 1.82) is 0 Å². The van der Waals surface area contributed by atoms with Crippen LogP contribution >= 0.6 is 0 Å². The van der Waals surface area contributed by atoms with E-state index >= 15 is 0 Å². The molecule has 0 unspecified atom stereocenters. The fraction of sp³-hybridized carbons (Fsp3) is 0.692. The molecule has 1 aliphatic rings. The summed E-state index contributed by atoms with van der Waals surface area (Å²) in [6, 6.07) is 0. The Labute approximate surface area is 108 Å². The van der Waals surface area contributed by atoms with Crippen molar-refractivity contribution in [3.63, 3.8) is 0 Å². The Morgan fingerprint density at radius 1 is 1.56 bits per heavy atom. The lowest BCUT2D eigenvalue weighted by Crippen LogP contribution is -2.39. The van der Waals surface area contributed by atoms with Crippen molar-refractivity contribution in [2.75, 3.05) is 26.2 Å². The summed E-state index contributed by atoms with van der Waals surface area (Å²) in [5, 5.41) is 7.01. The summed E-state index contributed by atoms with van der Waals surface area (Å²) in [6.07, 6.45) is 3.87. The average Bonchev–Trinajstić information content (AvgIpc) is 2.82. The van der Waals surface area contributed by atoms with Gasteiger partial charge in [-0.25, -0.2) is 0 Å². The first-order chi connectivity index (χ1) is 8.72. The third kappa shape index (κ3) is 2.90. The van der Waals surface area contributed by atoms with Crippen molar-refractivity contribution in [2.24, 2.45) is 5.92 Å². The smallest absolute Gasteiger partial charge is 0.292 e. The van der Waals surface area contributed by atoms with Crippen LogP contribution in [-0.4, -0.2) is 42.1 Å². The van der Waals surface area contributed by atoms with E-state index in [1.165, 1.54) is 0 Å². The van der Waals surface area contributed by atoms with E-state index in [9.17, 15) is 4.79 Å². The Morgan fingerprint density at radius 3 is 2.83 bits per heavy atom. The number of hydrogen-bond donors (Lipinski definition) is 1. The zero-order valence-corrected chi connectivity index (χ0v) is 11.1. The van der Waals surface area contributed by atoms with Gasteiger partial charge in [0.2, 0.25) is 5.76 Å². The van der Waals surface area contributed by atoms with Crippen LogP contribution in [0.3, 0.4) is 0 Å². The lowest BCUT2D eigenvalue weighted by molar-refractivity contribution is 0.0684. The molecule has 0 saturated carbocycles. The van der Waals surface area contributed by atoms with Gasteiger partial charge in [0.15, 0.2) is 0 Å². The summed E-state index contributed by atoms with van der Waals surface area (Å²) in [5.74, 6) is 0.940. The van der Waals surface area contributed by atoms with Crippen LogP contribution < -0.4 is 5.32 Å². The third-order valence-corrected chi connectivity index (χ3v) is 3.55. The molecule has 1 aromatic heterocycles. The minimum atomic E-state index is -0.0361. The molecule has 5 nitrogen and oxygen atoms in total. The highest BCUT2D eigenvalue weighted by Gasteiger charge is 2.24. The average molecular weight is 251 g/mol. The second-order valence-corrected chi connectivity index (χ2v) is 4.88. The predicted molar refractivity (Wildman–Crippen MR) is 68.4 cm³/mol. The van der Waals surface area contributed by atoms with Gasteiger partial charge in [0.05, 0.1) is 6.20 Å². The van der Waals surface area contributed by atoms with Gasteiger partial charge in [-0.1, -0.05) is 5.16 Å². The number of nitrogens with one attached hydrogen (secondary N) is 1. The van der Waals surface area contributed by atoms with Crippen molar-refractivity contribution in [3.05, 3.63) is 17.5 Å². The van der Waals surface area contributed by atoms with Crippen molar-refractivity contribution in [1.82, 2.24) is 15.4 Å². The van der Waals surface area contributed by atoms with E-state index in [2.05, 4.69) is 10.5 Å². The number of aryl methyl sites for hydroxylation is 1. The maximum atomic E-state index is 12.3. The van der Waals surface area contributed by atoms with Crippen molar-refractivity contribution in [3.8, 4) is 0 Å². The van der Waals surface area contributed by atoms with Gasteiger partial charge in [-0.2, -0.15) is 0 Å². The molecule has 18 heavy (non-hydrogen) atoms. The molecule has 0 bridgehead atoms. The van der Waals surface area contributed by atoms with Crippen LogP contribution in [0.4, 0.5) is 0 Å². The molecule has 5 heteroatoms. The summed E-state index contributed by atoms with van der Waals surface area (Å²) >= 11 is 0. The molecule has 1 amide bonds. The highest BCUT2D eigenvalue weighted by molar-refractivity contribution is 5.92. The Bertz CT molecular complexity index is 397. The number of aromatic nitrogens is 1. The van der Waals surface area contributed by atoms with Gasteiger partial charge in [-0.3, -0.25) is 4.79 Å². The molecule has 1 fully saturated rings. The summed E-state index contributed by atoms with van der Waals surface area (Å²) in [5.41, 5.74) is 0.809. The third-order valence-electron chi connectivity index (χ3n) is 3.55. The molecular weight excluding hydrogens is 230 g/mol. The first kappa shape index (κ1) is 13.1. The maximum Gasteiger partial charge on any atom is 0.292 e. The number of hydrogen-bond acceptors (Lipinski definition) is 4. The lowest BCUT2D eigenvalue weighted by atomic mass is 9.97. The second kappa shape index (κ2) is 6.00. The minimum absolute atomic E-state index is 0.0361. The number of carbonyl (C=O) groups excluding carboxylic acids is 1. The van der Waals surface area contributed by atoms with Crippen LogP contribution in [0.25, 0.3) is 0 Å². The highest BCUT2D eigenvalue weighted by Crippen LogP contribution is 2.16. The minimum Gasteiger partial charge on any atom is -0.351 e. The number of carbonyl (C=O) groups is 1. The Morgan fingerprint density at radius 2 is 2.28 bits per heavy atom. The van der Waals surface area contributed by atoms with E-state index in [-0.39, 0.29) is 5.91 Å². The molecule has 100 valence electrons. The van der Waals surface area contributed by atoms with Crippen LogP contribution in [0.5, 0.6) is 0 Å². The predicted octanol–water partition coefficient (Wildman–Crippen LogP) is 1.44. The first-order valence-corrected chi connectivity index (χ1v) is 6.63. The van der Waals surface area contributed by atoms with Crippen LogP contribution in [-0.2, 0) is 0 Å². The largest absolute Gasteiger partial charge is 0.351 e. The SMILES string of the molecule is CCN(CC1CCNCC1)C(=O)c1oncc1C. The van der Waals surface area contributed by atoms with Crippen LogP contribution in [0.1, 0.15) is 35.9 Å². The summed E-state index contributed by atoms with van der Waals surface area (Å²) in [6.45, 7) is 7.49. The zero-order valence-electron chi connectivity index (χ0n) is 11.1. The van der Waals surface area contributed by atoms with Gasteiger partial charge in [0.25, 0.3) is 5.91 Å². The van der Waals surface area contributed by atoms with Crippen LogP contribution in [0, 0.1) is 12.8 Å². The zero-order chi connectivity index (χ0) is 13.0. The maximum absolute atomic E-state index is 12.3. The van der Waals surface area contributed by atoms with E-state index in [1.807, 2.05) is 18.7 Å². The number of piperidine rings is 1. The van der Waals surface area contributed by atoms with Crippen molar-refractivity contribution < 1.29 is 9.32 Å². The Kier molecular flexibility index (Phi) is 4.36. The standard InChI is InChI=1S/C13H21N3O2/c1-3-16(9-11-4-6-14-7-5-11)13(17)12-10(2)8-15-18-12/h8,11,14H,3-7,9H2,1-2H3. The molecule has 0 radical (unpaired) electrons. The fourth-order valence-corrected chi connectivity index (χ4v) is 2.37. The van der Waals surface area contributed by atoms with Gasteiger partial charge in [-0.05, 0) is 45.7 Å². The number of rotatable bonds is 4. The summed E-state index contributed by atoms with van der Waals surface area (Å²) in [7, 11) is 0. The number of nitrogens with zero attached hydrogens (tertiary/aromatic N) is 2. The van der Waals surface area contributed by atoms with E-state index in [1.54, 1.807) is 6.20 Å². The number of amides is 1. The van der Waals surface area contributed by atoms with Crippen molar-refractivity contribution >= 4 is 5.91 Å². The monoisotopic (exact) mass is 251 g/mol. The normalized spacial score (nSPS) is 16.8. The molecule has 2 rings (SSSR count). The molecule has 0 atom stereocenters. The van der Waals surface area contributed by atoms with Crippen molar-refractivity contribution in [2.45, 2.75) is 26.7 Å². The molecule has 0 aliphatic carbocycles.